The van der Waals surface area contributed by atoms with E-state index < -0.39 is 0 Å². The molecule has 1 aromatic carbocycles. The maximum absolute atomic E-state index is 9.84. The van der Waals surface area contributed by atoms with Crippen molar-refractivity contribution in [1.82, 2.24) is 9.97 Å². The van der Waals surface area contributed by atoms with Crippen LogP contribution in [0.15, 0.2) is 42.7 Å². The van der Waals surface area contributed by atoms with Crippen molar-refractivity contribution in [2.24, 2.45) is 0 Å². The number of nitrogens with one attached hydrogen (secondary N) is 2. The fraction of sp³-hybridized carbons (Fsp3) is 0. The monoisotopic (exact) mass is 198 g/mol. The van der Waals surface area contributed by atoms with Crippen LogP contribution in [0.4, 0.5) is 0 Å². The molecule has 0 aliphatic rings. The van der Waals surface area contributed by atoms with Gasteiger partial charge < -0.3 is 15.1 Å². The Kier molecular flexibility index (Phi) is 1.59. The molecule has 2 heterocycles. The highest BCUT2D eigenvalue weighted by Crippen LogP contribution is 2.35. The van der Waals surface area contributed by atoms with Gasteiger partial charge in [-0.2, -0.15) is 0 Å². The summed E-state index contributed by atoms with van der Waals surface area (Å²) in [5, 5.41) is 10.9. The zero-order valence-corrected chi connectivity index (χ0v) is 7.99. The van der Waals surface area contributed by atoms with Crippen LogP contribution < -0.4 is 0 Å². The standard InChI is InChI=1S/C12H10N2O/c15-12-11(8-5-6-13-7-8)9-3-1-2-4-10(9)14-12/h1-7,13-15H. The summed E-state index contributed by atoms with van der Waals surface area (Å²) in [6.07, 6.45) is 3.71. The molecule has 3 N–H and O–H groups in total. The second-order valence-corrected chi connectivity index (χ2v) is 3.49. The maximum Gasteiger partial charge on any atom is 0.197 e. The van der Waals surface area contributed by atoms with Gasteiger partial charge in [-0.3, -0.25) is 0 Å². The SMILES string of the molecule is Oc1[nH]c2ccccc2c1-c1cc[nH]c1. The molecule has 0 amide bonds. The van der Waals surface area contributed by atoms with E-state index in [4.69, 9.17) is 0 Å². The van der Waals surface area contributed by atoms with Gasteiger partial charge in [0.25, 0.3) is 0 Å². The van der Waals surface area contributed by atoms with E-state index in [-0.39, 0.29) is 5.88 Å². The van der Waals surface area contributed by atoms with Crippen molar-refractivity contribution in [3.8, 4) is 17.0 Å². The van der Waals surface area contributed by atoms with E-state index in [0.717, 1.165) is 22.0 Å². The molecule has 3 aromatic rings. The second-order valence-electron chi connectivity index (χ2n) is 3.49. The molecule has 0 aliphatic heterocycles. The molecule has 0 bridgehead atoms. The van der Waals surface area contributed by atoms with Crippen molar-refractivity contribution in [3.05, 3.63) is 42.7 Å². The van der Waals surface area contributed by atoms with Gasteiger partial charge in [0.2, 0.25) is 0 Å². The number of aromatic nitrogens is 2. The van der Waals surface area contributed by atoms with Crippen LogP contribution in [0, 0.1) is 0 Å². The van der Waals surface area contributed by atoms with Crippen LogP contribution in [0.25, 0.3) is 22.0 Å². The summed E-state index contributed by atoms with van der Waals surface area (Å²) in [7, 11) is 0. The Morgan fingerprint density at radius 3 is 2.73 bits per heavy atom. The third-order valence-corrected chi connectivity index (χ3v) is 2.57. The lowest BCUT2D eigenvalue weighted by Crippen LogP contribution is -1.71. The van der Waals surface area contributed by atoms with Crippen LogP contribution in [0.2, 0.25) is 0 Å². The Balaban J connectivity index is 2.39. The number of aromatic amines is 2. The minimum Gasteiger partial charge on any atom is -0.494 e. The summed E-state index contributed by atoms with van der Waals surface area (Å²) >= 11 is 0. The number of hydrogen-bond acceptors (Lipinski definition) is 1. The van der Waals surface area contributed by atoms with Crippen molar-refractivity contribution < 1.29 is 5.11 Å². The van der Waals surface area contributed by atoms with Gasteiger partial charge in [-0.15, -0.1) is 0 Å². The van der Waals surface area contributed by atoms with Crippen LogP contribution in [-0.2, 0) is 0 Å². The fourth-order valence-electron chi connectivity index (χ4n) is 1.90. The lowest BCUT2D eigenvalue weighted by atomic mass is 10.1. The summed E-state index contributed by atoms with van der Waals surface area (Å²) in [4.78, 5) is 5.94. The van der Waals surface area contributed by atoms with Crippen molar-refractivity contribution in [2.45, 2.75) is 0 Å². The number of benzene rings is 1. The van der Waals surface area contributed by atoms with Gasteiger partial charge >= 0.3 is 0 Å². The molecule has 2 aromatic heterocycles. The van der Waals surface area contributed by atoms with Gasteiger partial charge in [0, 0.05) is 28.9 Å². The zero-order chi connectivity index (χ0) is 10.3. The quantitative estimate of drug-likeness (QED) is 0.553. The summed E-state index contributed by atoms with van der Waals surface area (Å²) in [6.45, 7) is 0. The third-order valence-electron chi connectivity index (χ3n) is 2.57. The highest BCUT2D eigenvalue weighted by Gasteiger charge is 2.11. The van der Waals surface area contributed by atoms with E-state index in [0.29, 0.717) is 0 Å². The van der Waals surface area contributed by atoms with Gasteiger partial charge in [-0.25, -0.2) is 0 Å². The number of hydrogen-bond donors (Lipinski definition) is 3. The fourth-order valence-corrected chi connectivity index (χ4v) is 1.90. The lowest BCUT2D eigenvalue weighted by Gasteiger charge is -1.95. The topological polar surface area (TPSA) is 51.8 Å². The average molecular weight is 198 g/mol. The van der Waals surface area contributed by atoms with E-state index in [1.165, 1.54) is 0 Å². The normalized spacial score (nSPS) is 10.9. The highest BCUT2D eigenvalue weighted by atomic mass is 16.3. The average Bonchev–Trinajstić information content (AvgIpc) is 2.82. The molecule has 0 spiro atoms. The zero-order valence-electron chi connectivity index (χ0n) is 7.99. The largest absolute Gasteiger partial charge is 0.494 e. The summed E-state index contributed by atoms with van der Waals surface area (Å²) < 4.78 is 0. The van der Waals surface area contributed by atoms with Crippen LogP contribution in [-0.4, -0.2) is 15.1 Å². The van der Waals surface area contributed by atoms with Gasteiger partial charge in [0.05, 0.1) is 5.56 Å². The minimum absolute atomic E-state index is 0.218. The van der Waals surface area contributed by atoms with E-state index in [9.17, 15) is 5.11 Å². The third kappa shape index (κ3) is 1.13. The number of aromatic hydroxyl groups is 1. The summed E-state index contributed by atoms with van der Waals surface area (Å²) in [5.41, 5.74) is 2.79. The lowest BCUT2D eigenvalue weighted by molar-refractivity contribution is 0.460. The Bertz CT molecular complexity index is 593. The molecule has 3 heteroatoms. The Morgan fingerprint density at radius 2 is 1.93 bits per heavy atom. The van der Waals surface area contributed by atoms with Gasteiger partial charge in [-0.05, 0) is 12.1 Å². The molecule has 0 saturated carbocycles. The van der Waals surface area contributed by atoms with Gasteiger partial charge in [-0.1, -0.05) is 18.2 Å². The van der Waals surface area contributed by atoms with Crippen LogP contribution >= 0.6 is 0 Å². The van der Waals surface area contributed by atoms with Crippen LogP contribution in [0.3, 0.4) is 0 Å². The Labute approximate surface area is 86.4 Å². The van der Waals surface area contributed by atoms with E-state index in [1.807, 2.05) is 42.7 Å². The molecule has 0 unspecified atom stereocenters. The molecule has 74 valence electrons. The molecule has 15 heavy (non-hydrogen) atoms. The molecule has 0 atom stereocenters. The van der Waals surface area contributed by atoms with Crippen molar-refractivity contribution in [2.75, 3.05) is 0 Å². The Morgan fingerprint density at radius 1 is 1.07 bits per heavy atom. The maximum atomic E-state index is 9.84. The molecule has 0 radical (unpaired) electrons. The first-order chi connectivity index (χ1) is 7.36. The molecule has 0 fully saturated rings. The summed E-state index contributed by atoms with van der Waals surface area (Å²) in [6, 6.07) is 9.79. The molecular weight excluding hydrogens is 188 g/mol. The van der Waals surface area contributed by atoms with E-state index in [2.05, 4.69) is 9.97 Å². The minimum atomic E-state index is 0.218. The predicted octanol–water partition coefficient (Wildman–Crippen LogP) is 2.87. The van der Waals surface area contributed by atoms with Crippen molar-refractivity contribution in [1.29, 1.82) is 0 Å². The summed E-state index contributed by atoms with van der Waals surface area (Å²) in [5.74, 6) is 0.218. The number of H-pyrrole nitrogens is 2. The van der Waals surface area contributed by atoms with Crippen molar-refractivity contribution >= 4 is 10.9 Å². The second kappa shape index (κ2) is 2.92. The molecule has 0 aliphatic carbocycles. The molecule has 0 saturated heterocycles. The number of para-hydroxylation sites is 1. The first-order valence-corrected chi connectivity index (χ1v) is 4.79. The first kappa shape index (κ1) is 8.17. The van der Waals surface area contributed by atoms with Crippen LogP contribution in [0.5, 0.6) is 5.88 Å². The number of fused-ring (bicyclic) bond motifs is 1. The van der Waals surface area contributed by atoms with E-state index >= 15 is 0 Å². The van der Waals surface area contributed by atoms with Crippen molar-refractivity contribution in [3.63, 3.8) is 0 Å². The van der Waals surface area contributed by atoms with Crippen LogP contribution in [0.1, 0.15) is 0 Å². The molecule has 3 rings (SSSR count). The Hall–Kier alpha value is -2.16. The van der Waals surface area contributed by atoms with Gasteiger partial charge in [0.1, 0.15) is 0 Å². The molecular formula is C12H10N2O. The van der Waals surface area contributed by atoms with E-state index in [1.54, 1.807) is 0 Å². The number of rotatable bonds is 1. The highest BCUT2D eigenvalue weighted by molar-refractivity contribution is 5.98. The molecule has 3 nitrogen and oxygen atoms in total. The predicted molar refractivity (Wildman–Crippen MR) is 59.8 cm³/mol. The smallest absolute Gasteiger partial charge is 0.197 e. The first-order valence-electron chi connectivity index (χ1n) is 4.79. The van der Waals surface area contributed by atoms with Gasteiger partial charge in [0.15, 0.2) is 5.88 Å².